The van der Waals surface area contributed by atoms with E-state index >= 15 is 0 Å². The highest BCUT2D eigenvalue weighted by Crippen LogP contribution is 2.20. The molecule has 0 radical (unpaired) electrons. The van der Waals surface area contributed by atoms with E-state index in [2.05, 4.69) is 10.0 Å². The van der Waals surface area contributed by atoms with Crippen LogP contribution in [0.15, 0.2) is 85.5 Å². The van der Waals surface area contributed by atoms with Gasteiger partial charge in [-0.3, -0.25) is 9.36 Å². The lowest BCUT2D eigenvalue weighted by Crippen LogP contribution is -2.29. The number of hydrogen-bond donors (Lipinski definition) is 2. The van der Waals surface area contributed by atoms with Crippen LogP contribution in [0.1, 0.15) is 18.7 Å². The highest BCUT2D eigenvalue weighted by molar-refractivity contribution is 7.89. The molecule has 0 aliphatic carbocycles. The van der Waals surface area contributed by atoms with Gasteiger partial charge in [-0.05, 0) is 49.4 Å². The summed E-state index contributed by atoms with van der Waals surface area (Å²) < 4.78 is 39.1. The van der Waals surface area contributed by atoms with Crippen molar-refractivity contribution in [3.8, 4) is 0 Å². The van der Waals surface area contributed by atoms with Crippen LogP contribution in [0, 0.1) is 0 Å². The van der Waals surface area contributed by atoms with Crippen molar-refractivity contribution in [1.29, 1.82) is 0 Å². The maximum absolute atomic E-state index is 12.8. The molecule has 0 aliphatic rings. The van der Waals surface area contributed by atoms with E-state index in [0.29, 0.717) is 16.9 Å². The number of fused-ring (bicyclic) bond motifs is 1. The first-order valence-electron chi connectivity index (χ1n) is 9.38. The van der Waals surface area contributed by atoms with Gasteiger partial charge in [0.25, 0.3) is 0 Å². The van der Waals surface area contributed by atoms with Gasteiger partial charge in [0.1, 0.15) is 11.8 Å². The molecule has 0 bridgehead atoms. The zero-order chi connectivity index (χ0) is 22.0. The van der Waals surface area contributed by atoms with E-state index < -0.39 is 27.7 Å². The lowest BCUT2D eigenvalue weighted by atomic mass is 10.2. The summed E-state index contributed by atoms with van der Waals surface area (Å²) >= 11 is 0. The zero-order valence-corrected chi connectivity index (χ0v) is 17.3. The molecule has 1 atom stereocenters. The van der Waals surface area contributed by atoms with Gasteiger partial charge in [-0.25, -0.2) is 17.9 Å². The molecule has 0 fully saturated rings. The standard InChI is InChI=1S/C21H19N3O6S/c1-14(24-18-9-2-3-10-19(18)30-21(24)26)20(25)23-15-6-4-8-17(12-15)31(27,28)22-13-16-7-5-11-29-16/h2-12,14,22H,13H2,1H3,(H,23,25). The smallest absolute Gasteiger partial charge is 0.420 e. The van der Waals surface area contributed by atoms with Crippen LogP contribution in [0.5, 0.6) is 0 Å². The quantitative estimate of drug-likeness (QED) is 0.455. The van der Waals surface area contributed by atoms with Gasteiger partial charge in [-0.1, -0.05) is 18.2 Å². The van der Waals surface area contributed by atoms with Crippen molar-refractivity contribution in [2.45, 2.75) is 24.4 Å². The lowest BCUT2D eigenvalue weighted by Gasteiger charge is -2.14. The summed E-state index contributed by atoms with van der Waals surface area (Å²) in [5, 5.41) is 2.65. The molecule has 0 saturated heterocycles. The third-order valence-electron chi connectivity index (χ3n) is 4.71. The highest BCUT2D eigenvalue weighted by atomic mass is 32.2. The molecular weight excluding hydrogens is 422 g/mol. The number of anilines is 1. The van der Waals surface area contributed by atoms with E-state index in [-0.39, 0.29) is 17.1 Å². The monoisotopic (exact) mass is 441 g/mol. The summed E-state index contributed by atoms with van der Waals surface area (Å²) in [6, 6.07) is 15.1. The van der Waals surface area contributed by atoms with Crippen LogP contribution in [-0.2, 0) is 21.4 Å². The molecule has 1 unspecified atom stereocenters. The molecule has 2 heterocycles. The molecule has 0 aliphatic heterocycles. The number of para-hydroxylation sites is 2. The first-order valence-corrected chi connectivity index (χ1v) is 10.9. The van der Waals surface area contributed by atoms with E-state index in [1.807, 2.05) is 0 Å². The summed E-state index contributed by atoms with van der Waals surface area (Å²) in [6.07, 6.45) is 1.45. The molecule has 4 rings (SSSR count). The van der Waals surface area contributed by atoms with Crippen LogP contribution < -0.4 is 15.8 Å². The van der Waals surface area contributed by atoms with Gasteiger partial charge in [0.2, 0.25) is 15.9 Å². The summed E-state index contributed by atoms with van der Waals surface area (Å²) in [5.41, 5.74) is 1.15. The van der Waals surface area contributed by atoms with Crippen molar-refractivity contribution in [3.63, 3.8) is 0 Å². The fourth-order valence-corrected chi connectivity index (χ4v) is 4.16. The Hall–Kier alpha value is -3.63. The van der Waals surface area contributed by atoms with Crippen molar-refractivity contribution in [3.05, 3.63) is 83.2 Å². The fourth-order valence-electron chi connectivity index (χ4n) is 3.12. The zero-order valence-electron chi connectivity index (χ0n) is 16.4. The number of nitrogens with one attached hydrogen (secondary N) is 2. The van der Waals surface area contributed by atoms with Crippen LogP contribution in [0.2, 0.25) is 0 Å². The fraction of sp³-hybridized carbons (Fsp3) is 0.143. The van der Waals surface area contributed by atoms with Crippen LogP contribution in [0.25, 0.3) is 11.1 Å². The number of aromatic nitrogens is 1. The maximum atomic E-state index is 12.8. The molecule has 31 heavy (non-hydrogen) atoms. The van der Waals surface area contributed by atoms with Gasteiger partial charge in [0.15, 0.2) is 5.58 Å². The Morgan fingerprint density at radius 2 is 1.90 bits per heavy atom. The molecule has 2 N–H and O–H groups in total. The van der Waals surface area contributed by atoms with E-state index in [1.165, 1.54) is 29.0 Å². The second-order valence-corrected chi connectivity index (χ2v) is 8.57. The lowest BCUT2D eigenvalue weighted by molar-refractivity contribution is -0.118. The summed E-state index contributed by atoms with van der Waals surface area (Å²) in [6.45, 7) is 1.56. The highest BCUT2D eigenvalue weighted by Gasteiger charge is 2.22. The molecule has 0 saturated carbocycles. The number of hydrogen-bond acceptors (Lipinski definition) is 6. The van der Waals surface area contributed by atoms with E-state index in [1.54, 1.807) is 49.4 Å². The van der Waals surface area contributed by atoms with Crippen LogP contribution in [-0.4, -0.2) is 18.9 Å². The Labute approximate surface area is 177 Å². The van der Waals surface area contributed by atoms with Crippen molar-refractivity contribution in [2.75, 3.05) is 5.32 Å². The Balaban J connectivity index is 1.52. The Bertz CT molecular complexity index is 1390. The van der Waals surface area contributed by atoms with Crippen LogP contribution in [0.3, 0.4) is 0 Å². The molecule has 2 aromatic carbocycles. The minimum absolute atomic E-state index is 0.000561. The largest absolute Gasteiger partial charge is 0.468 e. The number of oxazole rings is 1. The SMILES string of the molecule is CC(C(=O)Nc1cccc(S(=O)(=O)NCc2ccco2)c1)n1c(=O)oc2ccccc21. The van der Waals surface area contributed by atoms with Gasteiger partial charge < -0.3 is 14.2 Å². The van der Waals surface area contributed by atoms with Crippen LogP contribution >= 0.6 is 0 Å². The van der Waals surface area contributed by atoms with Crippen molar-refractivity contribution in [2.24, 2.45) is 0 Å². The third-order valence-corrected chi connectivity index (χ3v) is 6.11. The maximum Gasteiger partial charge on any atom is 0.420 e. The summed E-state index contributed by atoms with van der Waals surface area (Å²) in [5.74, 6) is -0.673. The number of carbonyl (C=O) groups excluding carboxylic acids is 1. The number of rotatable bonds is 7. The van der Waals surface area contributed by atoms with Crippen LogP contribution in [0.4, 0.5) is 5.69 Å². The first-order chi connectivity index (χ1) is 14.8. The second kappa shape index (κ2) is 8.25. The number of amides is 1. The predicted octanol–water partition coefficient (Wildman–Crippen LogP) is 2.87. The molecule has 2 aromatic heterocycles. The molecule has 0 spiro atoms. The Morgan fingerprint density at radius 3 is 2.68 bits per heavy atom. The van der Waals surface area contributed by atoms with Gasteiger partial charge in [0.05, 0.1) is 23.2 Å². The summed E-state index contributed by atoms with van der Waals surface area (Å²) in [7, 11) is -3.83. The van der Waals surface area contributed by atoms with Gasteiger partial charge in [-0.15, -0.1) is 0 Å². The topological polar surface area (TPSA) is 124 Å². The summed E-state index contributed by atoms with van der Waals surface area (Å²) in [4.78, 5) is 25.0. The van der Waals surface area contributed by atoms with E-state index in [0.717, 1.165) is 0 Å². The van der Waals surface area contributed by atoms with Gasteiger partial charge in [0, 0.05) is 5.69 Å². The number of nitrogens with zero attached hydrogens (tertiary/aromatic N) is 1. The van der Waals surface area contributed by atoms with Gasteiger partial charge in [-0.2, -0.15) is 0 Å². The molecular formula is C21H19N3O6S. The number of sulfonamides is 1. The van der Waals surface area contributed by atoms with Crippen molar-refractivity contribution in [1.82, 2.24) is 9.29 Å². The second-order valence-electron chi connectivity index (χ2n) is 6.80. The number of benzene rings is 2. The molecule has 10 heteroatoms. The van der Waals surface area contributed by atoms with Crippen molar-refractivity contribution >= 4 is 32.7 Å². The minimum atomic E-state index is -3.83. The predicted molar refractivity (Wildman–Crippen MR) is 113 cm³/mol. The first kappa shape index (κ1) is 20.6. The molecule has 160 valence electrons. The molecule has 9 nitrogen and oxygen atoms in total. The Morgan fingerprint density at radius 1 is 1.10 bits per heavy atom. The minimum Gasteiger partial charge on any atom is -0.468 e. The van der Waals surface area contributed by atoms with Gasteiger partial charge >= 0.3 is 5.76 Å². The number of carbonyl (C=O) groups is 1. The van der Waals surface area contributed by atoms with Crippen molar-refractivity contribution < 1.29 is 22.0 Å². The average molecular weight is 441 g/mol. The Kier molecular flexibility index (Phi) is 5.49. The van der Waals surface area contributed by atoms with E-state index in [4.69, 9.17) is 8.83 Å². The number of furan rings is 1. The molecule has 1 amide bonds. The normalized spacial score (nSPS) is 12.7. The molecule has 4 aromatic rings. The third kappa shape index (κ3) is 4.30. The average Bonchev–Trinajstić information content (AvgIpc) is 3.39. The van der Waals surface area contributed by atoms with E-state index in [9.17, 15) is 18.0 Å².